The van der Waals surface area contributed by atoms with Gasteiger partial charge < -0.3 is 15.3 Å². The van der Waals surface area contributed by atoms with Crippen LogP contribution in [0.15, 0.2) is 30.5 Å². The maximum Gasteiger partial charge on any atom is 0.416 e. The molecule has 2 N–H and O–H groups in total. The van der Waals surface area contributed by atoms with Crippen LogP contribution in [-0.2, 0) is 6.18 Å². The van der Waals surface area contributed by atoms with Crippen molar-refractivity contribution >= 4 is 34.6 Å². The number of fused-ring (bicyclic) bond motifs is 1. The molecule has 2 saturated heterocycles. The Bertz CT molecular complexity index is 1190. The maximum absolute atomic E-state index is 13.3. The van der Waals surface area contributed by atoms with E-state index >= 15 is 0 Å². The van der Waals surface area contributed by atoms with Crippen molar-refractivity contribution in [1.29, 1.82) is 0 Å². The van der Waals surface area contributed by atoms with Gasteiger partial charge in [0.25, 0.3) is 0 Å². The molecule has 2 aliphatic heterocycles. The number of nitrogens with one attached hydrogen (secondary N) is 1. The Morgan fingerprint density at radius 2 is 1.89 bits per heavy atom. The largest absolute Gasteiger partial charge is 0.416 e. The van der Waals surface area contributed by atoms with Crippen molar-refractivity contribution in [3.05, 3.63) is 36.0 Å². The Labute approximate surface area is 206 Å². The van der Waals surface area contributed by atoms with Gasteiger partial charge in [0.15, 0.2) is 5.65 Å². The maximum atomic E-state index is 13.3. The van der Waals surface area contributed by atoms with E-state index in [-0.39, 0.29) is 12.0 Å². The fraction of sp³-hybridized carbons (Fsp3) is 0.542. The number of aliphatic hydroxyl groups is 1. The monoisotopic (exact) mass is 506 g/mol. The molecule has 0 bridgehead atoms. The van der Waals surface area contributed by atoms with Crippen LogP contribution < -0.4 is 10.2 Å². The van der Waals surface area contributed by atoms with E-state index in [0.29, 0.717) is 35.8 Å². The molecule has 0 spiro atoms. The minimum Gasteiger partial charge on any atom is -0.390 e. The number of alkyl halides is 3. The second kappa shape index (κ2) is 9.16. The van der Waals surface area contributed by atoms with Crippen LogP contribution in [0.1, 0.15) is 38.7 Å². The minimum absolute atomic E-state index is 0.192. The quantitative estimate of drug-likeness (QED) is 0.518. The number of hydrogen-bond donors (Lipinski definition) is 2. The first-order valence-corrected chi connectivity index (χ1v) is 13.0. The first-order chi connectivity index (χ1) is 16.6. The zero-order valence-electron chi connectivity index (χ0n) is 19.7. The third-order valence-electron chi connectivity index (χ3n) is 6.88. The molecule has 5 rings (SSSR count). The van der Waals surface area contributed by atoms with Crippen LogP contribution >= 0.6 is 11.8 Å². The van der Waals surface area contributed by atoms with Gasteiger partial charge in [0.2, 0.25) is 5.95 Å². The number of halogens is 3. The molecule has 2 aliphatic rings. The van der Waals surface area contributed by atoms with Crippen molar-refractivity contribution in [1.82, 2.24) is 19.7 Å². The highest BCUT2D eigenvalue weighted by molar-refractivity contribution is 7.99. The Morgan fingerprint density at radius 3 is 2.54 bits per heavy atom. The van der Waals surface area contributed by atoms with Crippen molar-refractivity contribution in [3.63, 3.8) is 0 Å². The normalized spacial score (nSPS) is 20.1. The molecule has 2 aromatic heterocycles. The zero-order valence-corrected chi connectivity index (χ0v) is 20.5. The summed E-state index contributed by atoms with van der Waals surface area (Å²) in [6.45, 7) is 5.12. The molecule has 0 aliphatic carbocycles. The van der Waals surface area contributed by atoms with E-state index in [1.807, 2.05) is 25.6 Å². The van der Waals surface area contributed by atoms with Crippen LogP contribution in [0, 0.1) is 5.92 Å². The summed E-state index contributed by atoms with van der Waals surface area (Å²) in [6.07, 6.45) is -0.179. The SMILES string of the molecule is CC(C)(O)C1CCN(c2nc(NC3CCSC3)nc3c2cnn3-c2cccc(C(F)(F)F)c2)CC1. The van der Waals surface area contributed by atoms with Crippen LogP contribution in [0.25, 0.3) is 16.7 Å². The third kappa shape index (κ3) is 5.06. The average Bonchev–Trinajstić information content (AvgIpc) is 3.48. The number of rotatable bonds is 5. The van der Waals surface area contributed by atoms with Gasteiger partial charge >= 0.3 is 6.18 Å². The smallest absolute Gasteiger partial charge is 0.390 e. The summed E-state index contributed by atoms with van der Waals surface area (Å²) < 4.78 is 41.5. The van der Waals surface area contributed by atoms with Gasteiger partial charge in [-0.3, -0.25) is 0 Å². The zero-order chi connectivity index (χ0) is 24.8. The summed E-state index contributed by atoms with van der Waals surface area (Å²) in [5.41, 5.74) is -0.716. The van der Waals surface area contributed by atoms with Gasteiger partial charge in [-0.1, -0.05) is 6.07 Å². The van der Waals surface area contributed by atoms with Gasteiger partial charge in [-0.05, 0) is 63.0 Å². The molecule has 11 heteroatoms. The number of hydrogen-bond acceptors (Lipinski definition) is 7. The van der Waals surface area contributed by atoms with Crippen LogP contribution in [0.3, 0.4) is 0 Å². The lowest BCUT2D eigenvalue weighted by molar-refractivity contribution is -0.137. The highest BCUT2D eigenvalue weighted by atomic mass is 32.2. The lowest BCUT2D eigenvalue weighted by atomic mass is 9.83. The highest BCUT2D eigenvalue weighted by Gasteiger charge is 2.33. The fourth-order valence-electron chi connectivity index (χ4n) is 4.83. The molecule has 1 unspecified atom stereocenters. The van der Waals surface area contributed by atoms with Crippen LogP contribution in [0.4, 0.5) is 24.9 Å². The van der Waals surface area contributed by atoms with E-state index in [9.17, 15) is 18.3 Å². The van der Waals surface area contributed by atoms with Crippen LogP contribution in [0.5, 0.6) is 0 Å². The topological polar surface area (TPSA) is 79.1 Å². The molecule has 0 saturated carbocycles. The Kier molecular flexibility index (Phi) is 6.33. The second-order valence-corrected chi connectivity index (χ2v) is 11.0. The van der Waals surface area contributed by atoms with Crippen molar-refractivity contribution in [2.24, 2.45) is 5.92 Å². The molecule has 1 aromatic carbocycles. The van der Waals surface area contributed by atoms with E-state index in [2.05, 4.69) is 15.3 Å². The van der Waals surface area contributed by atoms with Crippen LogP contribution in [0.2, 0.25) is 0 Å². The van der Waals surface area contributed by atoms with E-state index < -0.39 is 17.3 Å². The van der Waals surface area contributed by atoms with Crippen molar-refractivity contribution < 1.29 is 18.3 Å². The number of anilines is 2. The van der Waals surface area contributed by atoms with Gasteiger partial charge in [-0.15, -0.1) is 0 Å². The average molecular weight is 507 g/mol. The summed E-state index contributed by atoms with van der Waals surface area (Å²) in [5.74, 6) is 3.39. The lowest BCUT2D eigenvalue weighted by Gasteiger charge is -2.38. The highest BCUT2D eigenvalue weighted by Crippen LogP contribution is 2.35. The standard InChI is InChI=1S/C24H29F3N6OS/c1-23(2,34)15-6-9-32(10-7-15)20-19-13-28-33(18-5-3-4-16(12-18)24(25,26)27)21(19)31-22(30-20)29-17-8-11-35-14-17/h3-5,12-13,15,17,34H,6-11,14H2,1-2H3,(H,29,30,31). The molecule has 2 fully saturated rings. The van der Waals surface area contributed by atoms with Crippen LogP contribution in [-0.4, -0.2) is 61.1 Å². The van der Waals surface area contributed by atoms with Gasteiger partial charge in [-0.25, -0.2) is 4.68 Å². The fourth-order valence-corrected chi connectivity index (χ4v) is 5.98. The molecule has 35 heavy (non-hydrogen) atoms. The van der Waals surface area contributed by atoms with E-state index in [0.717, 1.165) is 48.7 Å². The molecule has 3 aromatic rings. The second-order valence-electron chi connectivity index (χ2n) is 9.83. The van der Waals surface area contributed by atoms with E-state index in [1.165, 1.54) is 10.7 Å². The van der Waals surface area contributed by atoms with E-state index in [4.69, 9.17) is 9.97 Å². The molecule has 1 atom stereocenters. The molecule has 0 radical (unpaired) electrons. The van der Waals surface area contributed by atoms with Gasteiger partial charge in [0.1, 0.15) is 5.82 Å². The minimum atomic E-state index is -4.45. The summed E-state index contributed by atoms with van der Waals surface area (Å²) in [5, 5.41) is 19.0. The van der Waals surface area contributed by atoms with Crippen molar-refractivity contribution in [2.75, 3.05) is 34.8 Å². The molecule has 0 amide bonds. The predicted molar refractivity (Wildman–Crippen MR) is 132 cm³/mol. The van der Waals surface area contributed by atoms with Crippen molar-refractivity contribution in [2.45, 2.75) is 50.9 Å². The molecule has 188 valence electrons. The number of thioether (sulfide) groups is 1. The predicted octanol–water partition coefficient (Wildman–Crippen LogP) is 4.74. The summed E-state index contributed by atoms with van der Waals surface area (Å²) >= 11 is 1.87. The Morgan fingerprint density at radius 1 is 1.11 bits per heavy atom. The van der Waals surface area contributed by atoms with E-state index in [1.54, 1.807) is 12.3 Å². The molecular weight excluding hydrogens is 477 g/mol. The molecule has 4 heterocycles. The van der Waals surface area contributed by atoms with Gasteiger partial charge in [0, 0.05) is 24.9 Å². The summed E-state index contributed by atoms with van der Waals surface area (Å²) in [7, 11) is 0. The van der Waals surface area contributed by atoms with Gasteiger partial charge in [-0.2, -0.15) is 40.0 Å². The summed E-state index contributed by atoms with van der Waals surface area (Å²) in [6, 6.07) is 5.36. The van der Waals surface area contributed by atoms with Crippen molar-refractivity contribution in [3.8, 4) is 5.69 Å². The Hall–Kier alpha value is -2.53. The third-order valence-corrected chi connectivity index (χ3v) is 8.05. The molecular formula is C24H29F3N6OS. The number of piperidine rings is 1. The Balaban J connectivity index is 1.55. The summed E-state index contributed by atoms with van der Waals surface area (Å²) in [4.78, 5) is 11.7. The van der Waals surface area contributed by atoms with Gasteiger partial charge in [0.05, 0.1) is 28.4 Å². The molecule has 7 nitrogen and oxygen atoms in total. The first kappa shape index (κ1) is 24.2. The number of nitrogens with zero attached hydrogens (tertiary/aromatic N) is 5. The first-order valence-electron chi connectivity index (χ1n) is 11.8. The number of aromatic nitrogens is 4. The lowest BCUT2D eigenvalue weighted by Crippen LogP contribution is -2.42. The number of benzene rings is 1.